The number of rotatable bonds is 8. The molecule has 1 atom stereocenters. The highest BCUT2D eigenvalue weighted by molar-refractivity contribution is 5.97. The van der Waals surface area contributed by atoms with Gasteiger partial charge in [0.1, 0.15) is 11.9 Å². The number of benzene rings is 2. The van der Waals surface area contributed by atoms with Gasteiger partial charge in [-0.05, 0) is 48.7 Å². The Balaban J connectivity index is 1.46. The number of likely N-dealkylation sites (N-methyl/N-ethyl adjacent to an activating group) is 1. The molecule has 8 heteroatoms. The van der Waals surface area contributed by atoms with Crippen molar-refractivity contribution in [3.8, 4) is 0 Å². The second-order valence-corrected chi connectivity index (χ2v) is 9.00. The smallest absolute Gasteiger partial charge is 0.329 e. The number of nitrogens with zero attached hydrogens (tertiary/aromatic N) is 1. The first kappa shape index (κ1) is 24.4. The van der Waals surface area contributed by atoms with Crippen LogP contribution in [0.25, 0.3) is 10.9 Å². The molecule has 7 nitrogen and oxygen atoms in total. The van der Waals surface area contributed by atoms with Crippen LogP contribution in [0.1, 0.15) is 48.0 Å². The molecule has 0 aliphatic heterocycles. The molecule has 1 fully saturated rings. The number of fused-ring (bicyclic) bond motifs is 1. The summed E-state index contributed by atoms with van der Waals surface area (Å²) in [5, 5.41) is 3.62. The molecule has 1 saturated carbocycles. The van der Waals surface area contributed by atoms with Crippen molar-refractivity contribution < 1.29 is 23.5 Å². The number of aromatic nitrogens is 1. The highest BCUT2D eigenvalue weighted by Gasteiger charge is 2.27. The number of hydrogen-bond acceptors (Lipinski definition) is 4. The van der Waals surface area contributed by atoms with Crippen LogP contribution in [-0.4, -0.2) is 53.4 Å². The Kier molecular flexibility index (Phi) is 7.80. The fraction of sp³-hybridized carbons (Fsp3) is 0.370. The minimum Gasteiger partial charge on any atom is -0.454 e. The minimum atomic E-state index is -1.03. The molecule has 35 heavy (non-hydrogen) atoms. The Hall–Kier alpha value is -3.68. The van der Waals surface area contributed by atoms with Gasteiger partial charge in [0.05, 0.1) is 0 Å². The molecule has 3 aromatic rings. The van der Waals surface area contributed by atoms with Gasteiger partial charge in [0, 0.05) is 42.2 Å². The van der Waals surface area contributed by atoms with Gasteiger partial charge in [0.2, 0.25) is 0 Å². The van der Waals surface area contributed by atoms with Crippen molar-refractivity contribution >= 4 is 28.7 Å². The third-order valence-corrected chi connectivity index (χ3v) is 6.65. The van der Waals surface area contributed by atoms with E-state index in [9.17, 15) is 18.8 Å². The number of hydrogen-bond donors (Lipinski definition) is 2. The van der Waals surface area contributed by atoms with Crippen LogP contribution in [0.4, 0.5) is 4.39 Å². The van der Waals surface area contributed by atoms with Crippen LogP contribution in [0.3, 0.4) is 0 Å². The van der Waals surface area contributed by atoms with E-state index in [0.717, 1.165) is 42.1 Å². The maximum absolute atomic E-state index is 13.3. The molecule has 1 aliphatic carbocycles. The van der Waals surface area contributed by atoms with E-state index in [1.165, 1.54) is 30.7 Å². The van der Waals surface area contributed by atoms with E-state index in [-0.39, 0.29) is 30.5 Å². The first-order valence-electron chi connectivity index (χ1n) is 12.0. The van der Waals surface area contributed by atoms with Gasteiger partial charge in [0.15, 0.2) is 6.61 Å². The number of carbonyl (C=O) groups excluding carboxylic acids is 3. The van der Waals surface area contributed by atoms with E-state index in [0.29, 0.717) is 0 Å². The average molecular weight is 480 g/mol. The van der Waals surface area contributed by atoms with Crippen LogP contribution in [0.2, 0.25) is 0 Å². The summed E-state index contributed by atoms with van der Waals surface area (Å²) in [7, 11) is 1.74. The summed E-state index contributed by atoms with van der Waals surface area (Å²) >= 11 is 0. The fourth-order valence-corrected chi connectivity index (χ4v) is 4.56. The normalized spacial score (nSPS) is 14.9. The predicted octanol–water partition coefficient (Wildman–Crippen LogP) is 3.98. The highest BCUT2D eigenvalue weighted by Crippen LogP contribution is 2.22. The van der Waals surface area contributed by atoms with Crippen LogP contribution in [0.5, 0.6) is 0 Å². The Morgan fingerprint density at radius 3 is 2.54 bits per heavy atom. The van der Waals surface area contributed by atoms with E-state index in [1.54, 1.807) is 18.1 Å². The summed E-state index contributed by atoms with van der Waals surface area (Å²) in [6, 6.07) is 11.8. The van der Waals surface area contributed by atoms with Gasteiger partial charge < -0.3 is 19.9 Å². The third-order valence-electron chi connectivity index (χ3n) is 6.65. The zero-order valence-corrected chi connectivity index (χ0v) is 19.8. The molecule has 0 bridgehead atoms. The second-order valence-electron chi connectivity index (χ2n) is 9.00. The van der Waals surface area contributed by atoms with Crippen molar-refractivity contribution in [2.24, 2.45) is 0 Å². The molecular formula is C27H30FN3O4. The fourth-order valence-electron chi connectivity index (χ4n) is 4.56. The number of halogens is 1. The topological polar surface area (TPSA) is 91.5 Å². The zero-order valence-electron chi connectivity index (χ0n) is 19.8. The van der Waals surface area contributed by atoms with E-state index < -0.39 is 23.7 Å². The van der Waals surface area contributed by atoms with Crippen LogP contribution < -0.4 is 5.32 Å². The number of amides is 2. The Morgan fingerprint density at radius 1 is 1.09 bits per heavy atom. The molecule has 0 saturated heterocycles. The van der Waals surface area contributed by atoms with E-state index >= 15 is 0 Å². The average Bonchev–Trinajstić information content (AvgIpc) is 3.29. The van der Waals surface area contributed by atoms with Crippen molar-refractivity contribution in [2.45, 2.75) is 50.6 Å². The Labute approximate surface area is 203 Å². The zero-order chi connectivity index (χ0) is 24.8. The standard InChI is InChI=1S/C27H30FN3O4/c1-31(21-7-3-2-4-8-21)25(32)17-35-27(34)24(30-26(33)18-11-13-20(28)14-12-18)15-19-16-29-23-10-6-5-9-22(19)23/h5-6,9-14,16,21,24,29H,2-4,7-8,15,17H2,1H3,(H,30,33)/t24-/m1/s1. The van der Waals surface area contributed by atoms with Gasteiger partial charge in [-0.15, -0.1) is 0 Å². The molecule has 2 N–H and O–H groups in total. The molecule has 0 radical (unpaired) electrons. The van der Waals surface area contributed by atoms with Crippen LogP contribution >= 0.6 is 0 Å². The Bertz CT molecular complexity index is 1180. The van der Waals surface area contributed by atoms with Crippen molar-refractivity contribution in [1.82, 2.24) is 15.2 Å². The first-order chi connectivity index (χ1) is 16.9. The molecule has 1 aliphatic rings. The third kappa shape index (κ3) is 6.07. The van der Waals surface area contributed by atoms with E-state index in [4.69, 9.17) is 4.74 Å². The number of para-hydroxylation sites is 1. The molecule has 4 rings (SSSR count). The first-order valence-corrected chi connectivity index (χ1v) is 12.0. The number of ether oxygens (including phenoxy) is 1. The van der Waals surface area contributed by atoms with E-state index in [2.05, 4.69) is 10.3 Å². The van der Waals surface area contributed by atoms with Crippen LogP contribution in [0, 0.1) is 5.82 Å². The maximum atomic E-state index is 13.3. The minimum absolute atomic E-state index is 0.162. The van der Waals surface area contributed by atoms with Crippen molar-refractivity contribution in [3.63, 3.8) is 0 Å². The number of carbonyl (C=O) groups is 3. The van der Waals surface area contributed by atoms with Gasteiger partial charge in [0.25, 0.3) is 11.8 Å². The van der Waals surface area contributed by atoms with Crippen LogP contribution in [0.15, 0.2) is 54.7 Å². The lowest BCUT2D eigenvalue weighted by molar-refractivity contribution is -0.154. The number of H-pyrrole nitrogens is 1. The SMILES string of the molecule is CN(C(=O)COC(=O)[C@@H](Cc1c[nH]c2ccccc12)NC(=O)c1ccc(F)cc1)C1CCCCC1. The number of nitrogens with one attached hydrogen (secondary N) is 2. The predicted molar refractivity (Wildman–Crippen MR) is 130 cm³/mol. The van der Waals surface area contributed by atoms with Gasteiger partial charge >= 0.3 is 5.97 Å². The maximum Gasteiger partial charge on any atom is 0.329 e. The van der Waals surface area contributed by atoms with Gasteiger partial charge in [-0.2, -0.15) is 0 Å². The van der Waals surface area contributed by atoms with Crippen molar-refractivity contribution in [1.29, 1.82) is 0 Å². The van der Waals surface area contributed by atoms with Gasteiger partial charge in [-0.3, -0.25) is 9.59 Å². The summed E-state index contributed by atoms with van der Waals surface area (Å²) in [6.07, 6.45) is 7.21. The molecule has 1 heterocycles. The summed E-state index contributed by atoms with van der Waals surface area (Å²) in [5.74, 6) is -1.95. The molecule has 2 aromatic carbocycles. The van der Waals surface area contributed by atoms with Gasteiger partial charge in [-0.1, -0.05) is 37.5 Å². The van der Waals surface area contributed by atoms with Crippen molar-refractivity contribution in [2.75, 3.05) is 13.7 Å². The molecule has 1 aromatic heterocycles. The van der Waals surface area contributed by atoms with Crippen LogP contribution in [-0.2, 0) is 20.7 Å². The summed E-state index contributed by atoms with van der Waals surface area (Å²) < 4.78 is 18.7. The lowest BCUT2D eigenvalue weighted by Crippen LogP contribution is -2.45. The lowest BCUT2D eigenvalue weighted by Gasteiger charge is -2.31. The lowest BCUT2D eigenvalue weighted by atomic mass is 9.94. The number of aromatic amines is 1. The molecular weight excluding hydrogens is 449 g/mol. The molecule has 0 spiro atoms. The second kappa shape index (κ2) is 11.2. The molecule has 184 valence electrons. The quantitative estimate of drug-likeness (QED) is 0.478. The highest BCUT2D eigenvalue weighted by atomic mass is 19.1. The van der Waals surface area contributed by atoms with E-state index in [1.807, 2.05) is 24.3 Å². The number of esters is 1. The largest absolute Gasteiger partial charge is 0.454 e. The van der Waals surface area contributed by atoms with Crippen molar-refractivity contribution in [3.05, 3.63) is 71.7 Å². The summed E-state index contributed by atoms with van der Waals surface area (Å²) in [4.78, 5) is 43.3. The molecule has 0 unspecified atom stereocenters. The molecule has 2 amide bonds. The monoisotopic (exact) mass is 479 g/mol. The summed E-state index contributed by atoms with van der Waals surface area (Å²) in [6.45, 7) is -0.386. The Morgan fingerprint density at radius 2 is 1.80 bits per heavy atom. The van der Waals surface area contributed by atoms with Gasteiger partial charge in [-0.25, -0.2) is 9.18 Å². The summed E-state index contributed by atoms with van der Waals surface area (Å²) in [5.41, 5.74) is 1.95.